The number of hydrogen-bond donors (Lipinski definition) is 3. The van der Waals surface area contributed by atoms with Gasteiger partial charge in [-0.2, -0.15) is 0 Å². The molecule has 3 amide bonds. The summed E-state index contributed by atoms with van der Waals surface area (Å²) in [4.78, 5) is 61.8. The van der Waals surface area contributed by atoms with E-state index in [1.807, 2.05) is 4.90 Å². The van der Waals surface area contributed by atoms with E-state index in [-0.39, 0.29) is 17.1 Å². The maximum atomic E-state index is 12.9. The van der Waals surface area contributed by atoms with Gasteiger partial charge in [-0.3, -0.25) is 9.59 Å². The standard InChI is InChI=1S/C21H38N4O3S.C4H4O4/c1-17(20(27)24-13-11-23(3)12-14-24)22-21(28)25(15-16-29-18(2)26)10-9-19-7-5-4-6-8-19;5-3(6)1-2-4(7)8/h17,19H,4-16H2,1-3H3,(H,22,28);1-2H,(H,5,6)(H,7,8)/b;2-1+/t17-;/m0./s1. The van der Waals surface area contributed by atoms with Crippen molar-refractivity contribution in [1.82, 2.24) is 20.0 Å². The van der Waals surface area contributed by atoms with Crippen molar-refractivity contribution in [2.45, 2.75) is 58.4 Å². The first kappa shape index (κ1) is 32.4. The molecule has 0 aromatic heterocycles. The smallest absolute Gasteiger partial charge is 0.328 e. The summed E-state index contributed by atoms with van der Waals surface area (Å²) in [7, 11) is 2.05. The number of likely N-dealkylation sites (N-methyl/N-ethyl adjacent to an activating group) is 1. The van der Waals surface area contributed by atoms with Crippen molar-refractivity contribution >= 4 is 40.8 Å². The maximum Gasteiger partial charge on any atom is 0.328 e. The van der Waals surface area contributed by atoms with Gasteiger partial charge in [-0.15, -0.1) is 0 Å². The Bertz CT molecular complexity index is 778. The minimum Gasteiger partial charge on any atom is -0.478 e. The summed E-state index contributed by atoms with van der Waals surface area (Å²) in [5, 5.41) is 18.6. The summed E-state index contributed by atoms with van der Waals surface area (Å²) in [6.07, 6.45) is 8.50. The molecule has 0 bridgehead atoms. The molecule has 0 aromatic rings. The third-order valence-electron chi connectivity index (χ3n) is 6.38. The van der Waals surface area contributed by atoms with E-state index in [9.17, 15) is 24.0 Å². The Morgan fingerprint density at radius 1 is 0.973 bits per heavy atom. The number of nitrogens with one attached hydrogen (secondary N) is 1. The van der Waals surface area contributed by atoms with Crippen molar-refractivity contribution in [3.8, 4) is 0 Å². The Morgan fingerprint density at radius 3 is 2.05 bits per heavy atom. The number of thioether (sulfide) groups is 1. The van der Waals surface area contributed by atoms with Crippen LogP contribution >= 0.6 is 11.8 Å². The highest BCUT2D eigenvalue weighted by Crippen LogP contribution is 2.26. The zero-order chi connectivity index (χ0) is 27.8. The number of urea groups is 1. The van der Waals surface area contributed by atoms with E-state index in [2.05, 4.69) is 17.3 Å². The molecule has 0 radical (unpaired) electrons. The van der Waals surface area contributed by atoms with Gasteiger partial charge in [0.1, 0.15) is 6.04 Å². The molecule has 2 rings (SSSR count). The first-order chi connectivity index (χ1) is 17.5. The van der Waals surface area contributed by atoms with Crippen LogP contribution < -0.4 is 5.32 Å². The van der Waals surface area contributed by atoms with Crippen molar-refractivity contribution in [2.75, 3.05) is 52.1 Å². The largest absolute Gasteiger partial charge is 0.478 e. The molecule has 11 nitrogen and oxygen atoms in total. The lowest BCUT2D eigenvalue weighted by atomic mass is 9.87. The molecule has 1 aliphatic heterocycles. The molecule has 1 heterocycles. The van der Waals surface area contributed by atoms with Gasteiger partial charge >= 0.3 is 18.0 Å². The molecule has 2 aliphatic rings. The van der Waals surface area contributed by atoms with E-state index in [4.69, 9.17) is 10.2 Å². The Labute approximate surface area is 223 Å². The third-order valence-corrected chi connectivity index (χ3v) is 7.17. The average Bonchev–Trinajstić information content (AvgIpc) is 2.85. The predicted molar refractivity (Wildman–Crippen MR) is 142 cm³/mol. The zero-order valence-corrected chi connectivity index (χ0v) is 23.0. The number of hydrogen-bond acceptors (Lipinski definition) is 7. The maximum absolute atomic E-state index is 12.9. The second kappa shape index (κ2) is 17.8. The molecule has 2 fully saturated rings. The molecular weight excluding hydrogens is 500 g/mol. The molecule has 0 spiro atoms. The molecule has 12 heteroatoms. The molecule has 1 aliphatic carbocycles. The van der Waals surface area contributed by atoms with E-state index in [1.165, 1.54) is 43.9 Å². The number of carbonyl (C=O) groups is 5. The monoisotopic (exact) mass is 542 g/mol. The SMILES string of the molecule is CC(=O)SCCN(CCC1CCCCC1)C(=O)N[C@@H](C)C(=O)N1CCN(C)CC1.O=C(O)/C=C/C(=O)O. The summed E-state index contributed by atoms with van der Waals surface area (Å²) >= 11 is 1.25. The fourth-order valence-corrected chi connectivity index (χ4v) is 4.81. The van der Waals surface area contributed by atoms with Crippen LogP contribution in [0.1, 0.15) is 52.4 Å². The highest BCUT2D eigenvalue weighted by atomic mass is 32.2. The van der Waals surface area contributed by atoms with Crippen molar-refractivity contribution in [3.05, 3.63) is 12.2 Å². The lowest BCUT2D eigenvalue weighted by Crippen LogP contribution is -2.55. The van der Waals surface area contributed by atoms with Crippen LogP contribution in [-0.2, 0) is 19.2 Å². The molecule has 1 atom stereocenters. The Balaban J connectivity index is 0.000000738. The van der Waals surface area contributed by atoms with Crippen LogP contribution in [0.5, 0.6) is 0 Å². The number of rotatable bonds is 10. The third kappa shape index (κ3) is 14.7. The van der Waals surface area contributed by atoms with Crippen LogP contribution in [0.25, 0.3) is 0 Å². The average molecular weight is 543 g/mol. The lowest BCUT2D eigenvalue weighted by molar-refractivity contribution is -0.134. The van der Waals surface area contributed by atoms with Gasteiger partial charge in [-0.25, -0.2) is 14.4 Å². The van der Waals surface area contributed by atoms with Crippen LogP contribution in [0.4, 0.5) is 4.79 Å². The number of nitrogens with zero attached hydrogens (tertiary/aromatic N) is 3. The highest BCUT2D eigenvalue weighted by molar-refractivity contribution is 8.13. The van der Waals surface area contributed by atoms with E-state index >= 15 is 0 Å². The van der Waals surface area contributed by atoms with Gasteiger partial charge in [-0.05, 0) is 26.3 Å². The number of carboxylic acid groups (broad SMARTS) is 2. The van der Waals surface area contributed by atoms with Crippen LogP contribution in [0.3, 0.4) is 0 Å². The first-order valence-corrected chi connectivity index (χ1v) is 13.8. The van der Waals surface area contributed by atoms with Crippen molar-refractivity contribution in [2.24, 2.45) is 5.92 Å². The summed E-state index contributed by atoms with van der Waals surface area (Å²) in [5.41, 5.74) is 0. The molecular formula is C25H42N4O7S. The Kier molecular flexibility index (Phi) is 15.6. The second-order valence-corrected chi connectivity index (χ2v) is 10.7. The molecule has 0 unspecified atom stereocenters. The molecule has 1 saturated carbocycles. The predicted octanol–water partition coefficient (Wildman–Crippen LogP) is 2.12. The first-order valence-electron chi connectivity index (χ1n) is 12.8. The van der Waals surface area contributed by atoms with Crippen LogP contribution in [0.2, 0.25) is 0 Å². The van der Waals surface area contributed by atoms with Gasteiger partial charge in [0.2, 0.25) is 5.91 Å². The second-order valence-electron chi connectivity index (χ2n) is 9.43. The molecule has 1 saturated heterocycles. The normalized spacial score (nSPS) is 17.4. The fourth-order valence-electron chi connectivity index (χ4n) is 4.21. The van der Waals surface area contributed by atoms with E-state index in [1.54, 1.807) is 18.7 Å². The number of piperazine rings is 1. The van der Waals surface area contributed by atoms with Gasteiger partial charge < -0.3 is 30.2 Å². The minimum absolute atomic E-state index is 0.0169. The number of amides is 3. The molecule has 3 N–H and O–H groups in total. The summed E-state index contributed by atoms with van der Waals surface area (Å²) in [6, 6.07) is -0.733. The van der Waals surface area contributed by atoms with E-state index < -0.39 is 18.0 Å². The van der Waals surface area contributed by atoms with Crippen LogP contribution in [0.15, 0.2) is 12.2 Å². The highest BCUT2D eigenvalue weighted by Gasteiger charge is 2.26. The Hall–Kier alpha value is -2.60. The van der Waals surface area contributed by atoms with Gasteiger partial charge in [0.25, 0.3) is 0 Å². The van der Waals surface area contributed by atoms with Crippen molar-refractivity contribution in [3.63, 3.8) is 0 Å². The van der Waals surface area contributed by atoms with Gasteiger partial charge in [0, 0.05) is 64.1 Å². The van der Waals surface area contributed by atoms with E-state index in [0.717, 1.165) is 19.5 Å². The summed E-state index contributed by atoms with van der Waals surface area (Å²) in [5.74, 6) is -1.26. The number of carbonyl (C=O) groups excluding carboxylic acids is 3. The van der Waals surface area contributed by atoms with E-state index in [0.29, 0.717) is 50.0 Å². The number of aliphatic carboxylic acids is 2. The quantitative estimate of drug-likeness (QED) is 0.353. The zero-order valence-electron chi connectivity index (χ0n) is 22.2. The van der Waals surface area contributed by atoms with Crippen LogP contribution in [-0.4, -0.2) is 112 Å². The van der Waals surface area contributed by atoms with Crippen molar-refractivity contribution in [1.29, 1.82) is 0 Å². The minimum atomic E-state index is -1.26. The van der Waals surface area contributed by atoms with Gasteiger partial charge in [-0.1, -0.05) is 43.9 Å². The Morgan fingerprint density at radius 2 is 1.54 bits per heavy atom. The molecule has 0 aromatic carbocycles. The number of carboxylic acids is 2. The summed E-state index contributed by atoms with van der Waals surface area (Å²) < 4.78 is 0. The summed E-state index contributed by atoms with van der Waals surface area (Å²) in [6.45, 7) is 7.66. The topological polar surface area (TPSA) is 148 Å². The van der Waals surface area contributed by atoms with Gasteiger partial charge in [0.15, 0.2) is 5.12 Å². The molecule has 37 heavy (non-hydrogen) atoms. The van der Waals surface area contributed by atoms with Crippen molar-refractivity contribution < 1.29 is 34.2 Å². The lowest BCUT2D eigenvalue weighted by Gasteiger charge is -2.34. The van der Waals surface area contributed by atoms with Gasteiger partial charge in [0.05, 0.1) is 0 Å². The van der Waals surface area contributed by atoms with Crippen LogP contribution in [0, 0.1) is 5.92 Å². The molecule has 210 valence electrons. The fraction of sp³-hybridized carbons (Fsp3) is 0.720.